The Morgan fingerprint density at radius 3 is 2.58 bits per heavy atom. The molecule has 0 bridgehead atoms. The van der Waals surface area contributed by atoms with E-state index in [1.54, 1.807) is 12.1 Å². The second-order valence-corrected chi connectivity index (χ2v) is 7.97. The third kappa shape index (κ3) is 4.50. The van der Waals surface area contributed by atoms with Gasteiger partial charge in [-0.25, -0.2) is 8.42 Å². The van der Waals surface area contributed by atoms with Gasteiger partial charge in [0.25, 0.3) is 0 Å². The first-order valence-electron chi connectivity index (χ1n) is 5.62. The van der Waals surface area contributed by atoms with Crippen LogP contribution < -0.4 is 5.32 Å². The summed E-state index contributed by atoms with van der Waals surface area (Å²) in [5.41, 5.74) is 0.322. The van der Waals surface area contributed by atoms with Gasteiger partial charge in [0, 0.05) is 10.7 Å². The van der Waals surface area contributed by atoms with Crippen molar-refractivity contribution in [1.29, 1.82) is 0 Å². The van der Waals surface area contributed by atoms with Crippen molar-refractivity contribution >= 4 is 49.1 Å². The SMILES string of the molecule is CC[C@@H](SC)C(=O)Nc1ccc(Br)cc1S(C)(=O)=O. The zero-order chi connectivity index (χ0) is 14.6. The number of hydrogen-bond donors (Lipinski definition) is 1. The van der Waals surface area contributed by atoms with Crippen molar-refractivity contribution in [3.05, 3.63) is 22.7 Å². The molecule has 0 spiro atoms. The normalized spacial score (nSPS) is 13.1. The molecule has 1 amide bonds. The van der Waals surface area contributed by atoms with Crippen LogP contribution in [0.1, 0.15) is 13.3 Å². The number of carbonyl (C=O) groups is 1. The molecule has 0 saturated heterocycles. The average Bonchev–Trinajstić information content (AvgIpc) is 2.31. The lowest BCUT2D eigenvalue weighted by atomic mass is 10.2. The number of thioether (sulfide) groups is 1. The van der Waals surface area contributed by atoms with Crippen molar-refractivity contribution in [1.82, 2.24) is 0 Å². The number of rotatable bonds is 5. The molecule has 0 heterocycles. The molecule has 0 aromatic heterocycles. The maximum atomic E-state index is 12.0. The van der Waals surface area contributed by atoms with Crippen LogP contribution in [-0.2, 0) is 14.6 Å². The molecule has 1 rings (SSSR count). The van der Waals surface area contributed by atoms with E-state index in [9.17, 15) is 13.2 Å². The van der Waals surface area contributed by atoms with Crippen molar-refractivity contribution < 1.29 is 13.2 Å². The van der Waals surface area contributed by atoms with Crippen molar-refractivity contribution in [3.8, 4) is 0 Å². The Morgan fingerprint density at radius 2 is 2.11 bits per heavy atom. The fourth-order valence-electron chi connectivity index (χ4n) is 1.58. The molecule has 19 heavy (non-hydrogen) atoms. The maximum Gasteiger partial charge on any atom is 0.237 e. The highest BCUT2D eigenvalue weighted by molar-refractivity contribution is 9.10. The molecule has 106 valence electrons. The predicted molar refractivity (Wildman–Crippen MR) is 83.5 cm³/mol. The van der Waals surface area contributed by atoms with E-state index in [1.807, 2.05) is 13.2 Å². The Morgan fingerprint density at radius 1 is 1.47 bits per heavy atom. The van der Waals surface area contributed by atoms with Gasteiger partial charge in [-0.05, 0) is 30.9 Å². The van der Waals surface area contributed by atoms with Crippen LogP contribution >= 0.6 is 27.7 Å². The van der Waals surface area contributed by atoms with Gasteiger partial charge in [-0.1, -0.05) is 22.9 Å². The summed E-state index contributed by atoms with van der Waals surface area (Å²) in [6.07, 6.45) is 3.67. The van der Waals surface area contributed by atoms with E-state index in [4.69, 9.17) is 0 Å². The van der Waals surface area contributed by atoms with Crippen molar-refractivity contribution in [3.63, 3.8) is 0 Å². The van der Waals surface area contributed by atoms with Crippen molar-refractivity contribution in [2.24, 2.45) is 0 Å². The van der Waals surface area contributed by atoms with E-state index in [0.29, 0.717) is 16.6 Å². The topological polar surface area (TPSA) is 63.2 Å². The standard InChI is InChI=1S/C12H16BrNO3S2/c1-4-10(18-2)12(15)14-9-6-5-8(13)7-11(9)19(3,16)17/h5-7,10H,4H2,1-3H3,(H,14,15)/t10-/m1/s1. The number of carbonyl (C=O) groups excluding carboxylic acids is 1. The molecule has 0 aliphatic rings. The highest BCUT2D eigenvalue weighted by Gasteiger charge is 2.19. The minimum absolute atomic E-state index is 0.117. The van der Waals surface area contributed by atoms with Gasteiger partial charge in [0.05, 0.1) is 15.8 Å². The van der Waals surface area contributed by atoms with E-state index in [-0.39, 0.29) is 16.1 Å². The molecule has 1 aromatic carbocycles. The molecule has 1 aromatic rings. The second kappa shape index (κ2) is 6.76. The summed E-state index contributed by atoms with van der Waals surface area (Å²) in [7, 11) is -3.39. The molecule has 0 radical (unpaired) electrons. The molecule has 0 saturated carbocycles. The summed E-state index contributed by atoms with van der Waals surface area (Å²) < 4.78 is 24.1. The molecule has 7 heteroatoms. The first-order valence-corrected chi connectivity index (χ1v) is 9.60. The molecular formula is C12H16BrNO3S2. The van der Waals surface area contributed by atoms with Gasteiger partial charge in [-0.15, -0.1) is 0 Å². The van der Waals surface area contributed by atoms with Crippen LogP contribution in [0.3, 0.4) is 0 Å². The minimum Gasteiger partial charge on any atom is -0.324 e. The number of anilines is 1. The Balaban J connectivity index is 3.12. The molecule has 4 nitrogen and oxygen atoms in total. The first kappa shape index (κ1) is 16.5. The monoisotopic (exact) mass is 365 g/mol. The van der Waals surface area contributed by atoms with Crippen LogP contribution in [-0.4, -0.2) is 32.1 Å². The van der Waals surface area contributed by atoms with E-state index in [0.717, 1.165) is 6.26 Å². The Labute approximate surface area is 126 Å². The Bertz CT molecular complexity index is 568. The van der Waals surface area contributed by atoms with Gasteiger partial charge in [-0.3, -0.25) is 4.79 Å². The number of hydrogen-bond acceptors (Lipinski definition) is 4. The molecule has 0 fully saturated rings. The third-order valence-electron chi connectivity index (χ3n) is 2.55. The van der Waals surface area contributed by atoms with Crippen molar-refractivity contribution in [2.45, 2.75) is 23.5 Å². The molecular weight excluding hydrogens is 350 g/mol. The predicted octanol–water partition coefficient (Wildman–Crippen LogP) is 2.93. The first-order chi connectivity index (χ1) is 8.79. The van der Waals surface area contributed by atoms with E-state index < -0.39 is 9.84 Å². The lowest BCUT2D eigenvalue weighted by Crippen LogP contribution is -2.25. The summed E-state index contributed by atoms with van der Waals surface area (Å²) in [6.45, 7) is 1.92. The van der Waals surface area contributed by atoms with Gasteiger partial charge in [0.2, 0.25) is 5.91 Å². The number of halogens is 1. The fraction of sp³-hybridized carbons (Fsp3) is 0.417. The Kier molecular flexibility index (Phi) is 5.88. The smallest absolute Gasteiger partial charge is 0.237 e. The zero-order valence-corrected chi connectivity index (χ0v) is 14.2. The fourth-order valence-corrected chi connectivity index (χ4v) is 3.56. The number of nitrogens with one attached hydrogen (secondary N) is 1. The van der Waals surface area contributed by atoms with E-state index >= 15 is 0 Å². The van der Waals surface area contributed by atoms with Crippen LogP contribution in [0, 0.1) is 0 Å². The van der Waals surface area contributed by atoms with Gasteiger partial charge in [0.15, 0.2) is 9.84 Å². The summed E-state index contributed by atoms with van der Waals surface area (Å²) >= 11 is 4.67. The molecule has 1 N–H and O–H groups in total. The van der Waals surface area contributed by atoms with Crippen LogP contribution in [0.15, 0.2) is 27.6 Å². The number of benzene rings is 1. The van der Waals surface area contributed by atoms with Crippen molar-refractivity contribution in [2.75, 3.05) is 17.8 Å². The zero-order valence-electron chi connectivity index (χ0n) is 10.9. The minimum atomic E-state index is -3.39. The van der Waals surface area contributed by atoms with Crippen LogP contribution in [0.25, 0.3) is 0 Å². The van der Waals surface area contributed by atoms with Crippen LogP contribution in [0.5, 0.6) is 0 Å². The maximum absolute atomic E-state index is 12.0. The summed E-state index contributed by atoms with van der Waals surface area (Å²) in [5.74, 6) is -0.178. The van der Waals surface area contributed by atoms with Gasteiger partial charge >= 0.3 is 0 Å². The molecule has 0 aliphatic carbocycles. The van der Waals surface area contributed by atoms with Gasteiger partial charge in [-0.2, -0.15) is 11.8 Å². The van der Waals surface area contributed by atoms with E-state index in [1.165, 1.54) is 17.8 Å². The lowest BCUT2D eigenvalue weighted by Gasteiger charge is -2.14. The van der Waals surface area contributed by atoms with Crippen LogP contribution in [0.2, 0.25) is 0 Å². The van der Waals surface area contributed by atoms with Crippen LogP contribution in [0.4, 0.5) is 5.69 Å². The van der Waals surface area contributed by atoms with Gasteiger partial charge in [0.1, 0.15) is 0 Å². The molecule has 0 aliphatic heterocycles. The lowest BCUT2D eigenvalue weighted by molar-refractivity contribution is -0.115. The van der Waals surface area contributed by atoms with E-state index in [2.05, 4.69) is 21.2 Å². The summed E-state index contributed by atoms with van der Waals surface area (Å²) in [6, 6.07) is 4.78. The summed E-state index contributed by atoms with van der Waals surface area (Å²) in [5, 5.41) is 2.50. The quantitative estimate of drug-likeness (QED) is 0.870. The number of amides is 1. The highest BCUT2D eigenvalue weighted by atomic mass is 79.9. The molecule has 0 unspecified atom stereocenters. The average molecular weight is 366 g/mol. The highest BCUT2D eigenvalue weighted by Crippen LogP contribution is 2.26. The number of sulfone groups is 1. The third-order valence-corrected chi connectivity index (χ3v) is 5.30. The molecule has 1 atom stereocenters. The Hall–Kier alpha value is -0.530. The summed E-state index contributed by atoms with van der Waals surface area (Å²) in [4.78, 5) is 12.1. The van der Waals surface area contributed by atoms with Gasteiger partial charge < -0.3 is 5.32 Å². The second-order valence-electron chi connectivity index (χ2n) is 4.03. The largest absolute Gasteiger partial charge is 0.324 e.